The predicted molar refractivity (Wildman–Crippen MR) is 128 cm³/mol. The maximum atomic E-state index is 12.6. The van der Waals surface area contributed by atoms with Crippen LogP contribution in [0.4, 0.5) is 5.69 Å². The second-order valence-corrected chi connectivity index (χ2v) is 8.46. The van der Waals surface area contributed by atoms with E-state index in [2.05, 4.69) is 21.2 Å². The van der Waals surface area contributed by atoms with E-state index in [1.54, 1.807) is 42.5 Å². The molecule has 0 bridgehead atoms. The average Bonchev–Trinajstić information content (AvgIpc) is 2.74. The topological polar surface area (TPSA) is 62.1 Å². The average molecular weight is 516 g/mol. The Balaban J connectivity index is 1.83. The number of nitriles is 1. The zero-order valence-corrected chi connectivity index (χ0v) is 19.6. The zero-order chi connectivity index (χ0) is 22.4. The largest absolute Gasteiger partial charge is 0.488 e. The molecule has 0 aliphatic heterocycles. The Morgan fingerprint density at radius 2 is 1.87 bits per heavy atom. The zero-order valence-electron chi connectivity index (χ0n) is 16.5. The van der Waals surface area contributed by atoms with Crippen LogP contribution in [0.1, 0.15) is 16.7 Å². The fraction of sp³-hybridized carbons (Fsp3) is 0.0833. The van der Waals surface area contributed by atoms with E-state index in [-0.39, 0.29) is 12.2 Å². The minimum absolute atomic E-state index is 0.0481. The molecule has 0 aliphatic rings. The number of benzene rings is 3. The molecule has 0 unspecified atom stereocenters. The molecule has 7 heteroatoms. The third kappa shape index (κ3) is 6.35. The molecule has 4 nitrogen and oxygen atoms in total. The molecule has 1 amide bonds. The third-order valence-electron chi connectivity index (χ3n) is 4.34. The van der Waals surface area contributed by atoms with E-state index in [1.165, 1.54) is 6.08 Å². The van der Waals surface area contributed by atoms with E-state index >= 15 is 0 Å². The first-order valence-corrected chi connectivity index (χ1v) is 10.8. The van der Waals surface area contributed by atoms with Gasteiger partial charge in [-0.3, -0.25) is 4.79 Å². The summed E-state index contributed by atoms with van der Waals surface area (Å²) in [4.78, 5) is 12.6. The monoisotopic (exact) mass is 514 g/mol. The van der Waals surface area contributed by atoms with Crippen molar-refractivity contribution in [2.45, 2.75) is 13.5 Å². The molecule has 0 saturated carbocycles. The van der Waals surface area contributed by atoms with Crippen molar-refractivity contribution in [1.82, 2.24) is 0 Å². The molecule has 0 atom stereocenters. The van der Waals surface area contributed by atoms with Gasteiger partial charge in [-0.05, 0) is 55.5 Å². The van der Waals surface area contributed by atoms with Gasteiger partial charge in [-0.2, -0.15) is 5.26 Å². The van der Waals surface area contributed by atoms with Gasteiger partial charge < -0.3 is 10.1 Å². The molecule has 0 aliphatic carbocycles. The lowest BCUT2D eigenvalue weighted by Gasteiger charge is -2.12. The Labute approximate surface area is 199 Å². The molecule has 0 fully saturated rings. The van der Waals surface area contributed by atoms with Crippen LogP contribution < -0.4 is 10.1 Å². The van der Waals surface area contributed by atoms with Gasteiger partial charge >= 0.3 is 0 Å². The van der Waals surface area contributed by atoms with E-state index < -0.39 is 5.91 Å². The smallest absolute Gasteiger partial charge is 0.266 e. The lowest BCUT2D eigenvalue weighted by molar-refractivity contribution is -0.112. The summed E-state index contributed by atoms with van der Waals surface area (Å²) in [6, 6.07) is 19.8. The van der Waals surface area contributed by atoms with E-state index in [0.29, 0.717) is 27.0 Å². The number of carbonyl (C=O) groups is 1. The normalized spacial score (nSPS) is 11.0. The standard InChI is InChI=1S/C24H17BrCl2N2O2/c1-15-2-7-21(8-3-15)29-24(30)18(13-28)10-17-11-19(25)5-9-23(17)31-14-16-4-6-20(26)12-22(16)27/h2-12H,14H2,1H3,(H,29,30)/b18-10+. The van der Waals surface area contributed by atoms with Gasteiger partial charge in [-0.15, -0.1) is 0 Å². The maximum Gasteiger partial charge on any atom is 0.266 e. The first-order valence-electron chi connectivity index (χ1n) is 9.22. The highest BCUT2D eigenvalue weighted by atomic mass is 79.9. The van der Waals surface area contributed by atoms with Crippen molar-refractivity contribution in [2.75, 3.05) is 5.32 Å². The molecule has 0 heterocycles. The number of carbonyl (C=O) groups excluding carboxylic acids is 1. The molecule has 0 saturated heterocycles. The van der Waals surface area contributed by atoms with Crippen LogP contribution >= 0.6 is 39.1 Å². The van der Waals surface area contributed by atoms with Gasteiger partial charge in [-0.1, -0.05) is 62.9 Å². The van der Waals surface area contributed by atoms with Gasteiger partial charge in [0.2, 0.25) is 0 Å². The SMILES string of the molecule is Cc1ccc(NC(=O)/C(C#N)=C/c2cc(Br)ccc2OCc2ccc(Cl)cc2Cl)cc1. The molecule has 3 aromatic rings. The minimum Gasteiger partial charge on any atom is -0.488 e. The molecular weight excluding hydrogens is 499 g/mol. The first-order chi connectivity index (χ1) is 14.9. The first kappa shape index (κ1) is 22.9. The quantitative estimate of drug-likeness (QED) is 0.279. The summed E-state index contributed by atoms with van der Waals surface area (Å²) >= 11 is 15.6. The Morgan fingerprint density at radius 3 is 2.55 bits per heavy atom. The Kier molecular flexibility index (Phi) is 7.75. The molecule has 0 radical (unpaired) electrons. The van der Waals surface area contributed by atoms with Crippen LogP contribution in [0.25, 0.3) is 6.08 Å². The van der Waals surface area contributed by atoms with E-state index in [4.69, 9.17) is 27.9 Å². The summed E-state index contributed by atoms with van der Waals surface area (Å²) in [5.41, 5.74) is 2.98. The van der Waals surface area contributed by atoms with Crippen LogP contribution in [-0.2, 0) is 11.4 Å². The molecule has 0 spiro atoms. The summed E-state index contributed by atoms with van der Waals surface area (Å²) < 4.78 is 6.71. The molecule has 31 heavy (non-hydrogen) atoms. The Bertz CT molecular complexity index is 1190. The second-order valence-electron chi connectivity index (χ2n) is 6.70. The highest BCUT2D eigenvalue weighted by Gasteiger charge is 2.13. The highest BCUT2D eigenvalue weighted by Crippen LogP contribution is 2.28. The number of halogens is 3. The van der Waals surface area contributed by atoms with Crippen molar-refractivity contribution in [2.24, 2.45) is 0 Å². The van der Waals surface area contributed by atoms with Gasteiger partial charge in [0.15, 0.2) is 0 Å². The van der Waals surface area contributed by atoms with Crippen molar-refractivity contribution in [3.63, 3.8) is 0 Å². The number of anilines is 1. The Morgan fingerprint density at radius 1 is 1.13 bits per heavy atom. The van der Waals surface area contributed by atoms with Crippen LogP contribution in [0.15, 0.2) is 70.7 Å². The molecule has 1 N–H and O–H groups in total. The molecule has 3 rings (SSSR count). The summed E-state index contributed by atoms with van der Waals surface area (Å²) in [5, 5.41) is 13.3. The number of aryl methyl sites for hydroxylation is 1. The lowest BCUT2D eigenvalue weighted by Crippen LogP contribution is -2.13. The van der Waals surface area contributed by atoms with Crippen molar-refractivity contribution in [3.05, 3.63) is 97.4 Å². The summed E-state index contributed by atoms with van der Waals surface area (Å²) in [6.45, 7) is 2.16. The second kappa shape index (κ2) is 10.5. The van der Waals surface area contributed by atoms with Crippen molar-refractivity contribution in [1.29, 1.82) is 5.26 Å². The number of nitrogens with zero attached hydrogens (tertiary/aromatic N) is 1. The molecule has 156 valence electrons. The van der Waals surface area contributed by atoms with Gasteiger partial charge in [0.05, 0.1) is 0 Å². The van der Waals surface area contributed by atoms with Crippen LogP contribution in [0.3, 0.4) is 0 Å². The predicted octanol–water partition coefficient (Wildman–Crippen LogP) is 7.19. The number of amides is 1. The van der Waals surface area contributed by atoms with Crippen molar-refractivity contribution >= 4 is 56.8 Å². The maximum absolute atomic E-state index is 12.6. The number of rotatable bonds is 6. The van der Waals surface area contributed by atoms with Crippen LogP contribution in [0.5, 0.6) is 5.75 Å². The van der Waals surface area contributed by atoms with Gasteiger partial charge in [0, 0.05) is 31.3 Å². The molecule has 0 aromatic heterocycles. The van der Waals surface area contributed by atoms with Crippen LogP contribution in [0, 0.1) is 18.3 Å². The fourth-order valence-electron chi connectivity index (χ4n) is 2.70. The highest BCUT2D eigenvalue weighted by molar-refractivity contribution is 9.10. The summed E-state index contributed by atoms with van der Waals surface area (Å²) in [7, 11) is 0. The number of ether oxygens (including phenoxy) is 1. The fourth-order valence-corrected chi connectivity index (χ4v) is 3.54. The lowest BCUT2D eigenvalue weighted by atomic mass is 10.1. The molecule has 3 aromatic carbocycles. The Hall–Kier alpha value is -2.78. The van der Waals surface area contributed by atoms with Gasteiger partial charge in [0.1, 0.15) is 24.0 Å². The van der Waals surface area contributed by atoms with E-state index in [1.807, 2.05) is 31.2 Å². The number of hydrogen-bond acceptors (Lipinski definition) is 3. The number of nitrogens with one attached hydrogen (secondary N) is 1. The van der Waals surface area contributed by atoms with Crippen molar-refractivity contribution in [3.8, 4) is 11.8 Å². The third-order valence-corrected chi connectivity index (χ3v) is 5.42. The summed E-state index contributed by atoms with van der Waals surface area (Å²) in [6.07, 6.45) is 1.49. The van der Waals surface area contributed by atoms with Gasteiger partial charge in [-0.25, -0.2) is 0 Å². The van der Waals surface area contributed by atoms with Crippen LogP contribution in [0.2, 0.25) is 10.0 Å². The number of hydrogen-bond donors (Lipinski definition) is 1. The van der Waals surface area contributed by atoms with Crippen LogP contribution in [-0.4, -0.2) is 5.91 Å². The minimum atomic E-state index is -0.502. The van der Waals surface area contributed by atoms with Gasteiger partial charge in [0.25, 0.3) is 5.91 Å². The van der Waals surface area contributed by atoms with E-state index in [0.717, 1.165) is 15.6 Å². The van der Waals surface area contributed by atoms with Crippen molar-refractivity contribution < 1.29 is 9.53 Å². The summed E-state index contributed by atoms with van der Waals surface area (Å²) in [5.74, 6) is 0.00290. The molecular formula is C24H17BrCl2N2O2. The van der Waals surface area contributed by atoms with E-state index in [9.17, 15) is 10.1 Å².